The molecule has 0 spiro atoms. The molecule has 0 unspecified atom stereocenters. The molecule has 2 aromatic heterocycles. The van der Waals surface area contributed by atoms with Crippen molar-refractivity contribution in [3.63, 3.8) is 0 Å². The molecular formula is C14H15Br2NO5. The summed E-state index contributed by atoms with van der Waals surface area (Å²) in [6.45, 7) is 5.29. The van der Waals surface area contributed by atoms with E-state index in [0.717, 1.165) is 4.47 Å². The van der Waals surface area contributed by atoms with Gasteiger partial charge in [0, 0.05) is 19.2 Å². The number of aromatic carboxylic acids is 1. The quantitative estimate of drug-likeness (QED) is 0.773. The van der Waals surface area contributed by atoms with Gasteiger partial charge in [0.15, 0.2) is 10.4 Å². The Labute approximate surface area is 144 Å². The lowest BCUT2D eigenvalue weighted by molar-refractivity contribution is 0.0660. The maximum atomic E-state index is 11.6. The first-order valence-corrected chi connectivity index (χ1v) is 7.99. The normalized spacial score (nSPS) is 9.82. The van der Waals surface area contributed by atoms with Gasteiger partial charge in [-0.2, -0.15) is 0 Å². The minimum absolute atomic E-state index is 0.0538. The van der Waals surface area contributed by atoms with Crippen LogP contribution in [0.3, 0.4) is 0 Å². The van der Waals surface area contributed by atoms with Gasteiger partial charge >= 0.3 is 5.97 Å². The van der Waals surface area contributed by atoms with Crippen LogP contribution in [-0.2, 0) is 0 Å². The van der Waals surface area contributed by atoms with Gasteiger partial charge in [0.1, 0.15) is 6.26 Å². The van der Waals surface area contributed by atoms with Crippen molar-refractivity contribution < 1.29 is 23.5 Å². The molecule has 8 heteroatoms. The van der Waals surface area contributed by atoms with Gasteiger partial charge in [0.2, 0.25) is 5.76 Å². The van der Waals surface area contributed by atoms with Gasteiger partial charge in [-0.15, -0.1) is 0 Å². The van der Waals surface area contributed by atoms with Crippen LogP contribution < -0.4 is 0 Å². The molecule has 2 aromatic rings. The smallest absolute Gasteiger partial charge is 0.371 e. The zero-order chi connectivity index (χ0) is 16.7. The Morgan fingerprint density at radius 1 is 1.18 bits per heavy atom. The molecule has 120 valence electrons. The van der Waals surface area contributed by atoms with E-state index in [1.165, 1.54) is 18.4 Å². The fraction of sp³-hybridized carbons (Fsp3) is 0.286. The number of halogens is 2. The molecule has 2 heterocycles. The monoisotopic (exact) mass is 435 g/mol. The Hall–Kier alpha value is -1.54. The lowest BCUT2D eigenvalue weighted by atomic mass is 10.4. The zero-order valence-electron chi connectivity index (χ0n) is 12.0. The highest BCUT2D eigenvalue weighted by Crippen LogP contribution is 2.15. The summed E-state index contributed by atoms with van der Waals surface area (Å²) in [5, 5.41) is 8.28. The molecule has 1 N–H and O–H groups in total. The largest absolute Gasteiger partial charge is 0.475 e. The average Bonchev–Trinajstić information content (AvgIpc) is 3.09. The summed E-state index contributed by atoms with van der Waals surface area (Å²) in [6.07, 6.45) is 1.51. The maximum Gasteiger partial charge on any atom is 0.371 e. The molecule has 6 nitrogen and oxygen atoms in total. The topological polar surface area (TPSA) is 83.9 Å². The summed E-state index contributed by atoms with van der Waals surface area (Å²) in [4.78, 5) is 23.4. The Morgan fingerprint density at radius 2 is 1.82 bits per heavy atom. The van der Waals surface area contributed by atoms with E-state index in [2.05, 4.69) is 36.3 Å². The third-order valence-electron chi connectivity index (χ3n) is 2.61. The summed E-state index contributed by atoms with van der Waals surface area (Å²) >= 11 is 6.20. The fourth-order valence-electron chi connectivity index (χ4n) is 1.52. The van der Waals surface area contributed by atoms with Crippen molar-refractivity contribution in [3.05, 3.63) is 45.1 Å². The van der Waals surface area contributed by atoms with Gasteiger partial charge in [-0.05, 0) is 57.8 Å². The highest BCUT2D eigenvalue weighted by molar-refractivity contribution is 9.10. The molecule has 0 atom stereocenters. The zero-order valence-corrected chi connectivity index (χ0v) is 15.2. The molecule has 0 aromatic carbocycles. The lowest BCUT2D eigenvalue weighted by Crippen LogP contribution is -2.30. The molecule has 0 aliphatic heterocycles. The van der Waals surface area contributed by atoms with E-state index in [1.807, 2.05) is 13.8 Å². The number of amides is 1. The summed E-state index contributed by atoms with van der Waals surface area (Å²) in [6, 6.07) is 4.59. The van der Waals surface area contributed by atoms with Gasteiger partial charge < -0.3 is 18.8 Å². The molecule has 1 amide bonds. The number of carboxylic acids is 1. The van der Waals surface area contributed by atoms with Crippen molar-refractivity contribution in [2.24, 2.45) is 0 Å². The van der Waals surface area contributed by atoms with Crippen LogP contribution in [0.5, 0.6) is 0 Å². The molecule has 0 aliphatic rings. The molecule has 2 rings (SSSR count). The van der Waals surface area contributed by atoms with Crippen molar-refractivity contribution in [2.75, 3.05) is 13.1 Å². The second-order valence-corrected chi connectivity index (χ2v) is 5.71. The van der Waals surface area contributed by atoms with Crippen LogP contribution in [0.2, 0.25) is 0 Å². The first-order valence-electron chi connectivity index (χ1n) is 6.40. The number of carboxylic acid groups (broad SMARTS) is 1. The van der Waals surface area contributed by atoms with Crippen LogP contribution in [-0.4, -0.2) is 35.0 Å². The van der Waals surface area contributed by atoms with Crippen LogP contribution in [0.25, 0.3) is 0 Å². The number of hydrogen-bond acceptors (Lipinski definition) is 4. The van der Waals surface area contributed by atoms with Crippen molar-refractivity contribution in [1.29, 1.82) is 0 Å². The predicted molar refractivity (Wildman–Crippen MR) is 87.0 cm³/mol. The minimum Gasteiger partial charge on any atom is -0.475 e. The second kappa shape index (κ2) is 8.79. The average molecular weight is 437 g/mol. The van der Waals surface area contributed by atoms with Crippen molar-refractivity contribution in [1.82, 2.24) is 4.90 Å². The minimum atomic E-state index is -1.05. The van der Waals surface area contributed by atoms with Crippen molar-refractivity contribution in [2.45, 2.75) is 13.8 Å². The summed E-state index contributed by atoms with van der Waals surface area (Å²) < 4.78 is 11.0. The van der Waals surface area contributed by atoms with Crippen LogP contribution in [0.4, 0.5) is 0 Å². The van der Waals surface area contributed by atoms with Gasteiger partial charge in [-0.1, -0.05) is 0 Å². The van der Waals surface area contributed by atoms with E-state index in [1.54, 1.807) is 11.0 Å². The molecule has 0 radical (unpaired) electrons. The van der Waals surface area contributed by atoms with E-state index in [0.29, 0.717) is 23.5 Å². The molecular weight excluding hydrogens is 422 g/mol. The number of nitrogens with zero attached hydrogens (tertiary/aromatic N) is 1. The number of carbonyl (C=O) groups is 2. The Kier molecular flexibility index (Phi) is 7.40. The van der Waals surface area contributed by atoms with Crippen LogP contribution >= 0.6 is 31.9 Å². The summed E-state index contributed by atoms with van der Waals surface area (Å²) in [7, 11) is 0. The highest BCUT2D eigenvalue weighted by atomic mass is 79.9. The first kappa shape index (κ1) is 18.5. The van der Waals surface area contributed by atoms with Gasteiger partial charge in [0.25, 0.3) is 5.91 Å². The predicted octanol–water partition coefficient (Wildman–Crippen LogP) is 4.26. The van der Waals surface area contributed by atoms with E-state index in [9.17, 15) is 9.59 Å². The molecule has 0 fully saturated rings. The number of rotatable bonds is 4. The van der Waals surface area contributed by atoms with E-state index < -0.39 is 5.97 Å². The third kappa shape index (κ3) is 5.34. The number of hydrogen-bond donors (Lipinski definition) is 1. The number of carbonyl (C=O) groups excluding carboxylic acids is 1. The van der Waals surface area contributed by atoms with Crippen LogP contribution in [0.1, 0.15) is 35.0 Å². The van der Waals surface area contributed by atoms with Gasteiger partial charge in [0.05, 0.1) is 4.47 Å². The number of furan rings is 2. The first-order chi connectivity index (χ1) is 10.4. The molecule has 0 saturated carbocycles. The van der Waals surface area contributed by atoms with E-state index >= 15 is 0 Å². The lowest BCUT2D eigenvalue weighted by Gasteiger charge is -2.16. The van der Waals surface area contributed by atoms with Crippen molar-refractivity contribution >= 4 is 43.7 Å². The van der Waals surface area contributed by atoms with Crippen LogP contribution in [0, 0.1) is 0 Å². The fourth-order valence-corrected chi connectivity index (χ4v) is 2.13. The molecule has 22 heavy (non-hydrogen) atoms. The molecule has 0 bridgehead atoms. The third-order valence-corrected chi connectivity index (χ3v) is 3.45. The van der Waals surface area contributed by atoms with Crippen molar-refractivity contribution in [3.8, 4) is 0 Å². The highest BCUT2D eigenvalue weighted by Gasteiger charge is 2.15. The Balaban J connectivity index is 0.000000235. The van der Waals surface area contributed by atoms with Gasteiger partial charge in [-0.3, -0.25) is 4.79 Å². The van der Waals surface area contributed by atoms with E-state index in [-0.39, 0.29) is 11.7 Å². The van der Waals surface area contributed by atoms with E-state index in [4.69, 9.17) is 9.52 Å². The summed E-state index contributed by atoms with van der Waals surface area (Å²) in [5.41, 5.74) is 0. The summed E-state index contributed by atoms with van der Waals surface area (Å²) in [5.74, 6) is -0.783. The SMILES string of the molecule is CCN(CC)C(=O)c1cc(Br)co1.O=C(O)c1ccc(Br)o1. The van der Waals surface area contributed by atoms with Gasteiger partial charge in [-0.25, -0.2) is 4.79 Å². The standard InChI is InChI=1S/C9H12BrNO2.C5H3BrO3/c1-3-11(4-2)9(12)8-5-7(10)6-13-8;6-4-2-1-3(9-4)5(7)8/h5-6H,3-4H2,1-2H3;1-2H,(H,7,8). The molecule has 0 saturated heterocycles. The maximum absolute atomic E-state index is 11.6. The molecule has 0 aliphatic carbocycles. The Morgan fingerprint density at radius 3 is 2.14 bits per heavy atom. The Bertz CT molecular complexity index is 631. The second-order valence-electron chi connectivity index (χ2n) is 4.02. The van der Waals surface area contributed by atoms with Crippen LogP contribution in [0.15, 0.2) is 42.4 Å².